The number of rotatable bonds is 2. The molecule has 1 saturated carbocycles. The zero-order valence-corrected chi connectivity index (χ0v) is 14.2. The van der Waals surface area contributed by atoms with Crippen molar-refractivity contribution in [1.82, 2.24) is 4.90 Å². The van der Waals surface area contributed by atoms with Gasteiger partial charge in [0, 0.05) is 18.5 Å². The number of aliphatic hydroxyl groups excluding tert-OH is 1. The first kappa shape index (κ1) is 17.5. The molecule has 1 aliphatic carbocycles. The van der Waals surface area contributed by atoms with Crippen LogP contribution in [0.3, 0.4) is 0 Å². The maximum absolute atomic E-state index is 12.1. The fraction of sp³-hybridized carbons (Fsp3) is 0.941. The second kappa shape index (κ2) is 6.36. The van der Waals surface area contributed by atoms with E-state index in [1.165, 1.54) is 6.42 Å². The Bertz CT molecular complexity index is 388. The van der Waals surface area contributed by atoms with Crippen LogP contribution >= 0.6 is 0 Å². The van der Waals surface area contributed by atoms with Crippen LogP contribution in [-0.2, 0) is 4.74 Å². The third-order valence-electron chi connectivity index (χ3n) is 5.34. The molecule has 5 nitrogen and oxygen atoms in total. The maximum Gasteiger partial charge on any atom is 0.410 e. The fourth-order valence-electron chi connectivity index (χ4n) is 3.92. The summed E-state index contributed by atoms with van der Waals surface area (Å²) in [4.78, 5) is 13.8. The molecule has 5 heteroatoms. The van der Waals surface area contributed by atoms with Gasteiger partial charge in [0.05, 0.1) is 12.2 Å². The van der Waals surface area contributed by atoms with Gasteiger partial charge in [0.25, 0.3) is 0 Å². The summed E-state index contributed by atoms with van der Waals surface area (Å²) in [5, 5.41) is 21.1. The highest BCUT2D eigenvalue weighted by Crippen LogP contribution is 2.49. The van der Waals surface area contributed by atoms with E-state index in [9.17, 15) is 15.0 Å². The Morgan fingerprint density at radius 2 is 1.64 bits per heavy atom. The normalized spacial score (nSPS) is 24.9. The van der Waals surface area contributed by atoms with E-state index in [2.05, 4.69) is 0 Å². The highest BCUT2D eigenvalue weighted by atomic mass is 16.6. The lowest BCUT2D eigenvalue weighted by Crippen LogP contribution is -2.58. The van der Waals surface area contributed by atoms with E-state index in [1.54, 1.807) is 4.90 Å². The van der Waals surface area contributed by atoms with Crippen LogP contribution < -0.4 is 0 Å². The second-order valence-corrected chi connectivity index (χ2v) is 8.00. The number of likely N-dealkylation sites (tertiary alicyclic amines) is 1. The molecule has 2 rings (SSSR count). The van der Waals surface area contributed by atoms with Gasteiger partial charge in [0.15, 0.2) is 0 Å². The van der Waals surface area contributed by atoms with Crippen molar-refractivity contribution in [2.75, 3.05) is 19.7 Å². The standard InChI is InChI=1S/C17H31NO4/c1-15(2,3)22-14(20)18-11-9-17(21,10-12-18)16(13-19)7-5-4-6-8-16/h19,21H,4-13H2,1-3H3. The van der Waals surface area contributed by atoms with Crippen molar-refractivity contribution in [3.05, 3.63) is 0 Å². The number of piperidine rings is 1. The Morgan fingerprint density at radius 1 is 1.09 bits per heavy atom. The zero-order chi connectivity index (χ0) is 16.4. The Balaban J connectivity index is 1.99. The highest BCUT2D eigenvalue weighted by molar-refractivity contribution is 5.68. The molecule has 1 amide bonds. The molecule has 1 heterocycles. The highest BCUT2D eigenvalue weighted by Gasteiger charge is 2.51. The van der Waals surface area contributed by atoms with Crippen LogP contribution in [-0.4, -0.2) is 52.1 Å². The van der Waals surface area contributed by atoms with Crippen LogP contribution in [0.15, 0.2) is 0 Å². The number of carbonyl (C=O) groups excluding carboxylic acids is 1. The lowest BCUT2D eigenvalue weighted by atomic mass is 9.60. The minimum Gasteiger partial charge on any atom is -0.444 e. The summed E-state index contributed by atoms with van der Waals surface area (Å²) < 4.78 is 5.40. The van der Waals surface area contributed by atoms with Crippen LogP contribution in [0, 0.1) is 5.41 Å². The van der Waals surface area contributed by atoms with Gasteiger partial charge >= 0.3 is 6.09 Å². The van der Waals surface area contributed by atoms with Crippen molar-refractivity contribution in [2.45, 2.75) is 76.9 Å². The SMILES string of the molecule is CC(C)(C)OC(=O)N1CCC(O)(C2(CO)CCCCC2)CC1. The van der Waals surface area contributed by atoms with Crippen LogP contribution in [0.5, 0.6) is 0 Å². The van der Waals surface area contributed by atoms with Crippen LogP contribution in [0.1, 0.15) is 65.7 Å². The number of nitrogens with zero attached hydrogens (tertiary/aromatic N) is 1. The van der Waals surface area contributed by atoms with Gasteiger partial charge < -0.3 is 19.8 Å². The number of hydrogen-bond acceptors (Lipinski definition) is 4. The van der Waals surface area contributed by atoms with Crippen molar-refractivity contribution in [2.24, 2.45) is 5.41 Å². The first-order valence-electron chi connectivity index (χ1n) is 8.53. The Labute approximate surface area is 133 Å². The molecule has 2 aliphatic rings. The number of aliphatic hydroxyl groups is 2. The molecule has 22 heavy (non-hydrogen) atoms. The number of ether oxygens (including phenoxy) is 1. The van der Waals surface area contributed by atoms with Crippen molar-refractivity contribution < 1.29 is 19.7 Å². The monoisotopic (exact) mass is 313 g/mol. The predicted octanol–water partition coefficient (Wildman–Crippen LogP) is 2.69. The van der Waals surface area contributed by atoms with Crippen molar-refractivity contribution in [1.29, 1.82) is 0 Å². The molecule has 2 fully saturated rings. The predicted molar refractivity (Wildman–Crippen MR) is 84.6 cm³/mol. The summed E-state index contributed by atoms with van der Waals surface area (Å²) in [6.07, 6.45) is 5.81. The number of amides is 1. The summed E-state index contributed by atoms with van der Waals surface area (Å²) in [6, 6.07) is 0. The van der Waals surface area contributed by atoms with Crippen LogP contribution in [0.2, 0.25) is 0 Å². The molecule has 0 radical (unpaired) electrons. The number of hydrogen-bond donors (Lipinski definition) is 2. The van der Waals surface area contributed by atoms with Crippen LogP contribution in [0.4, 0.5) is 4.79 Å². The van der Waals surface area contributed by atoms with Gasteiger partial charge in [0.1, 0.15) is 5.60 Å². The average molecular weight is 313 g/mol. The quantitative estimate of drug-likeness (QED) is 0.822. The summed E-state index contributed by atoms with van der Waals surface area (Å²) in [6.45, 7) is 6.59. The van der Waals surface area contributed by atoms with Gasteiger partial charge in [-0.3, -0.25) is 0 Å². The van der Waals surface area contributed by atoms with Crippen LogP contribution in [0.25, 0.3) is 0 Å². The van der Waals surface area contributed by atoms with Crippen molar-refractivity contribution in [3.63, 3.8) is 0 Å². The fourth-order valence-corrected chi connectivity index (χ4v) is 3.92. The van der Waals surface area contributed by atoms with E-state index in [0.717, 1.165) is 25.7 Å². The molecule has 0 atom stereocenters. The largest absolute Gasteiger partial charge is 0.444 e. The summed E-state index contributed by atoms with van der Waals surface area (Å²) in [7, 11) is 0. The lowest BCUT2D eigenvalue weighted by molar-refractivity contribution is -0.153. The van der Waals surface area contributed by atoms with E-state index >= 15 is 0 Å². The molecule has 0 bridgehead atoms. The first-order valence-corrected chi connectivity index (χ1v) is 8.53. The van der Waals surface area contributed by atoms with Crippen molar-refractivity contribution in [3.8, 4) is 0 Å². The second-order valence-electron chi connectivity index (χ2n) is 8.00. The minimum atomic E-state index is -0.860. The summed E-state index contributed by atoms with van der Waals surface area (Å²) in [5.41, 5.74) is -1.74. The molecule has 1 aliphatic heterocycles. The molecule has 0 aromatic heterocycles. The van der Waals surface area contributed by atoms with Gasteiger partial charge in [-0.25, -0.2) is 4.79 Å². The molecule has 128 valence electrons. The smallest absolute Gasteiger partial charge is 0.410 e. The topological polar surface area (TPSA) is 70.0 Å². The summed E-state index contributed by atoms with van der Waals surface area (Å²) >= 11 is 0. The van der Waals surface area contributed by atoms with Gasteiger partial charge in [-0.1, -0.05) is 19.3 Å². The van der Waals surface area contributed by atoms with E-state index in [0.29, 0.717) is 25.9 Å². The molecule has 0 unspecified atom stereocenters. The van der Waals surface area contributed by atoms with Gasteiger partial charge in [-0.15, -0.1) is 0 Å². The van der Waals surface area contributed by atoms with Crippen molar-refractivity contribution >= 4 is 6.09 Å². The third kappa shape index (κ3) is 3.57. The third-order valence-corrected chi connectivity index (χ3v) is 5.34. The zero-order valence-electron chi connectivity index (χ0n) is 14.2. The Morgan fingerprint density at radius 3 is 2.09 bits per heavy atom. The molecule has 1 saturated heterocycles. The molecule has 0 aromatic rings. The van der Waals surface area contributed by atoms with Gasteiger partial charge in [-0.2, -0.15) is 0 Å². The van der Waals surface area contributed by atoms with Gasteiger partial charge in [-0.05, 0) is 46.5 Å². The maximum atomic E-state index is 12.1. The molecular formula is C17H31NO4. The average Bonchev–Trinajstić information content (AvgIpc) is 2.46. The summed E-state index contributed by atoms with van der Waals surface area (Å²) in [5.74, 6) is 0. The van der Waals surface area contributed by atoms with E-state index in [4.69, 9.17) is 4.74 Å². The van der Waals surface area contributed by atoms with E-state index in [-0.39, 0.29) is 18.1 Å². The minimum absolute atomic E-state index is 0.0376. The molecule has 0 spiro atoms. The first-order chi connectivity index (χ1) is 10.2. The van der Waals surface area contributed by atoms with E-state index in [1.807, 2.05) is 20.8 Å². The molecular weight excluding hydrogens is 282 g/mol. The van der Waals surface area contributed by atoms with Gasteiger partial charge in [0.2, 0.25) is 0 Å². The Kier molecular flexibility index (Phi) is 5.07. The Hall–Kier alpha value is -0.810. The number of carbonyl (C=O) groups is 1. The molecule has 2 N–H and O–H groups in total. The van der Waals surface area contributed by atoms with E-state index < -0.39 is 11.2 Å². The lowest BCUT2D eigenvalue weighted by Gasteiger charge is -2.52. The molecule has 0 aromatic carbocycles.